The zero-order valence-corrected chi connectivity index (χ0v) is 16.5. The van der Waals surface area contributed by atoms with Gasteiger partial charge in [0.15, 0.2) is 0 Å². The number of hydrogen-bond acceptors (Lipinski definition) is 4. The van der Waals surface area contributed by atoms with Crippen molar-refractivity contribution in [3.63, 3.8) is 0 Å². The van der Waals surface area contributed by atoms with Gasteiger partial charge in [-0.2, -0.15) is 0 Å². The quantitative estimate of drug-likeness (QED) is 0.701. The third kappa shape index (κ3) is 6.68. The third-order valence-corrected chi connectivity index (χ3v) is 4.27. The molecule has 1 amide bonds. The zero-order valence-electron chi connectivity index (χ0n) is 14.9. The van der Waals surface area contributed by atoms with Gasteiger partial charge < -0.3 is 14.4 Å². The molecule has 1 heterocycles. The van der Waals surface area contributed by atoms with E-state index in [2.05, 4.69) is 25.6 Å². The van der Waals surface area contributed by atoms with E-state index in [9.17, 15) is 18.0 Å². The van der Waals surface area contributed by atoms with Crippen LogP contribution < -0.4 is 4.74 Å². The number of carbonyl (C=O) groups excluding carboxylic acids is 1. The molecular formula is C17H22BrF3N2O3. The lowest BCUT2D eigenvalue weighted by molar-refractivity contribution is -0.274. The number of ether oxygens (including phenoxy) is 2. The first-order valence-electron chi connectivity index (χ1n) is 8.17. The van der Waals surface area contributed by atoms with E-state index in [1.807, 2.05) is 20.8 Å². The Morgan fingerprint density at radius 3 is 2.27 bits per heavy atom. The average molecular weight is 439 g/mol. The third-order valence-electron chi connectivity index (χ3n) is 3.65. The van der Waals surface area contributed by atoms with Gasteiger partial charge in [-0.15, -0.1) is 13.2 Å². The summed E-state index contributed by atoms with van der Waals surface area (Å²) in [4.78, 5) is 15.8. The number of piperazine rings is 1. The molecule has 0 aliphatic carbocycles. The zero-order chi connectivity index (χ0) is 19.5. The van der Waals surface area contributed by atoms with E-state index in [1.54, 1.807) is 17.0 Å². The summed E-state index contributed by atoms with van der Waals surface area (Å²) in [5.74, 6) is -0.268. The highest BCUT2D eigenvalue weighted by Gasteiger charge is 2.32. The van der Waals surface area contributed by atoms with Crippen LogP contribution >= 0.6 is 15.9 Å². The first kappa shape index (κ1) is 20.8. The summed E-state index contributed by atoms with van der Waals surface area (Å²) < 4.78 is 46.5. The molecule has 1 aromatic carbocycles. The molecule has 0 spiro atoms. The van der Waals surface area contributed by atoms with Crippen molar-refractivity contribution in [3.8, 4) is 5.75 Å². The molecule has 1 aliphatic heterocycles. The summed E-state index contributed by atoms with van der Waals surface area (Å²) >= 11 is 3.11. The molecular weight excluding hydrogens is 417 g/mol. The first-order chi connectivity index (χ1) is 11.9. The minimum absolute atomic E-state index is 0.250. The van der Waals surface area contributed by atoms with Crippen molar-refractivity contribution < 1.29 is 27.4 Å². The van der Waals surface area contributed by atoms with Gasteiger partial charge in [-0.05, 0) is 54.4 Å². The molecule has 1 saturated heterocycles. The second-order valence-electron chi connectivity index (χ2n) is 7.06. The number of nitrogens with zero attached hydrogens (tertiary/aromatic N) is 2. The molecule has 2 rings (SSSR count). The van der Waals surface area contributed by atoms with Gasteiger partial charge in [-0.1, -0.05) is 6.07 Å². The van der Waals surface area contributed by atoms with Crippen LogP contribution in [0.5, 0.6) is 5.75 Å². The van der Waals surface area contributed by atoms with Crippen LogP contribution in [-0.2, 0) is 11.3 Å². The Bertz CT molecular complexity index is 639. The Balaban J connectivity index is 1.88. The maximum absolute atomic E-state index is 12.3. The van der Waals surface area contributed by atoms with E-state index in [-0.39, 0.29) is 16.3 Å². The monoisotopic (exact) mass is 438 g/mol. The normalized spacial score (nSPS) is 16.5. The van der Waals surface area contributed by atoms with Crippen LogP contribution in [0.3, 0.4) is 0 Å². The lowest BCUT2D eigenvalue weighted by Gasteiger charge is -2.35. The molecule has 0 radical (unpaired) electrons. The molecule has 146 valence electrons. The van der Waals surface area contributed by atoms with Crippen molar-refractivity contribution in [2.24, 2.45) is 0 Å². The molecule has 0 unspecified atom stereocenters. The number of alkyl halides is 3. The molecule has 1 aliphatic rings. The summed E-state index contributed by atoms with van der Waals surface area (Å²) in [7, 11) is 0. The molecule has 26 heavy (non-hydrogen) atoms. The summed E-state index contributed by atoms with van der Waals surface area (Å²) in [5.41, 5.74) is 0.331. The molecule has 0 N–H and O–H groups in total. The van der Waals surface area contributed by atoms with Crippen molar-refractivity contribution in [1.82, 2.24) is 9.80 Å². The minimum Gasteiger partial charge on any atom is -0.444 e. The number of amides is 1. The van der Waals surface area contributed by atoms with E-state index < -0.39 is 12.0 Å². The lowest BCUT2D eigenvalue weighted by atomic mass is 10.2. The van der Waals surface area contributed by atoms with Crippen LogP contribution in [0.4, 0.5) is 18.0 Å². The summed E-state index contributed by atoms with van der Waals surface area (Å²) in [6.07, 6.45) is -5.05. The Morgan fingerprint density at radius 1 is 1.15 bits per heavy atom. The van der Waals surface area contributed by atoms with E-state index in [0.29, 0.717) is 32.7 Å². The maximum Gasteiger partial charge on any atom is 0.573 e. The Morgan fingerprint density at radius 2 is 1.77 bits per heavy atom. The fourth-order valence-corrected chi connectivity index (χ4v) is 3.03. The van der Waals surface area contributed by atoms with Crippen molar-refractivity contribution >= 4 is 22.0 Å². The van der Waals surface area contributed by atoms with Crippen LogP contribution in [0.2, 0.25) is 0 Å². The van der Waals surface area contributed by atoms with E-state index >= 15 is 0 Å². The van der Waals surface area contributed by atoms with Gasteiger partial charge in [0.2, 0.25) is 0 Å². The highest BCUT2D eigenvalue weighted by molar-refractivity contribution is 9.10. The van der Waals surface area contributed by atoms with Crippen LogP contribution in [0.25, 0.3) is 0 Å². The number of halogens is 4. The molecule has 1 fully saturated rings. The van der Waals surface area contributed by atoms with Gasteiger partial charge in [0, 0.05) is 32.7 Å². The molecule has 0 saturated carbocycles. The van der Waals surface area contributed by atoms with Gasteiger partial charge in [-0.25, -0.2) is 4.79 Å². The van der Waals surface area contributed by atoms with Crippen LogP contribution in [0, 0.1) is 0 Å². The number of rotatable bonds is 3. The Kier molecular flexibility index (Phi) is 6.44. The lowest BCUT2D eigenvalue weighted by Crippen LogP contribution is -2.49. The van der Waals surface area contributed by atoms with Crippen molar-refractivity contribution in [2.75, 3.05) is 26.2 Å². The highest BCUT2D eigenvalue weighted by Crippen LogP contribution is 2.31. The number of hydrogen-bond donors (Lipinski definition) is 0. The van der Waals surface area contributed by atoms with E-state index in [4.69, 9.17) is 4.74 Å². The molecule has 0 atom stereocenters. The molecule has 9 heteroatoms. The SMILES string of the molecule is CC(C)(C)OC(=O)N1CCN(Cc2ccc(OC(F)(F)F)c(Br)c2)CC1. The van der Waals surface area contributed by atoms with Gasteiger partial charge in [0.25, 0.3) is 0 Å². The number of benzene rings is 1. The second-order valence-corrected chi connectivity index (χ2v) is 7.91. The minimum atomic E-state index is -4.72. The summed E-state index contributed by atoms with van der Waals surface area (Å²) in [6.45, 7) is 8.47. The second kappa shape index (κ2) is 8.04. The highest BCUT2D eigenvalue weighted by atomic mass is 79.9. The number of carbonyl (C=O) groups is 1. The summed E-state index contributed by atoms with van der Waals surface area (Å²) in [5, 5.41) is 0. The largest absolute Gasteiger partial charge is 0.573 e. The van der Waals surface area contributed by atoms with Gasteiger partial charge in [0.05, 0.1) is 4.47 Å². The van der Waals surface area contributed by atoms with Crippen LogP contribution in [0.15, 0.2) is 22.7 Å². The maximum atomic E-state index is 12.3. The first-order valence-corrected chi connectivity index (χ1v) is 8.97. The molecule has 0 bridgehead atoms. The van der Waals surface area contributed by atoms with E-state index in [1.165, 1.54) is 6.07 Å². The van der Waals surface area contributed by atoms with Crippen molar-refractivity contribution in [2.45, 2.75) is 39.3 Å². The standard InChI is InChI=1S/C17H22BrF3N2O3/c1-16(2,3)26-15(24)23-8-6-22(7-9-23)11-12-4-5-14(13(18)10-12)25-17(19,20)21/h4-5,10H,6-9,11H2,1-3H3. The average Bonchev–Trinajstić information content (AvgIpc) is 2.48. The van der Waals surface area contributed by atoms with Gasteiger partial charge in [0.1, 0.15) is 11.4 Å². The Labute approximate surface area is 159 Å². The van der Waals surface area contributed by atoms with Gasteiger partial charge >= 0.3 is 12.5 Å². The summed E-state index contributed by atoms with van der Waals surface area (Å²) in [6, 6.07) is 4.51. The van der Waals surface area contributed by atoms with Crippen molar-refractivity contribution in [1.29, 1.82) is 0 Å². The fourth-order valence-electron chi connectivity index (χ4n) is 2.52. The molecule has 0 aromatic heterocycles. The molecule has 5 nitrogen and oxygen atoms in total. The van der Waals surface area contributed by atoms with E-state index in [0.717, 1.165) is 5.56 Å². The van der Waals surface area contributed by atoms with Gasteiger partial charge in [-0.3, -0.25) is 4.90 Å². The van der Waals surface area contributed by atoms with Crippen LogP contribution in [0.1, 0.15) is 26.3 Å². The molecule has 1 aromatic rings. The smallest absolute Gasteiger partial charge is 0.444 e. The Hall–Kier alpha value is -1.48. The fraction of sp³-hybridized carbons (Fsp3) is 0.588. The van der Waals surface area contributed by atoms with Crippen LogP contribution in [-0.4, -0.2) is 54.0 Å². The van der Waals surface area contributed by atoms with Crippen molar-refractivity contribution in [3.05, 3.63) is 28.2 Å². The predicted octanol–water partition coefficient (Wildman–Crippen LogP) is 4.40. The topological polar surface area (TPSA) is 42.0 Å². The predicted molar refractivity (Wildman–Crippen MR) is 93.9 cm³/mol.